The minimum atomic E-state index is -0.0158. The van der Waals surface area contributed by atoms with Crippen molar-refractivity contribution in [3.63, 3.8) is 0 Å². The summed E-state index contributed by atoms with van der Waals surface area (Å²) in [4.78, 5) is 0. The Morgan fingerprint density at radius 2 is 2.16 bits per heavy atom. The lowest BCUT2D eigenvalue weighted by atomic mass is 9.68. The molecule has 0 aliphatic carbocycles. The Balaban J connectivity index is 2.02. The molecule has 0 amide bonds. The average Bonchev–Trinajstić information content (AvgIpc) is 2.28. The quantitative estimate of drug-likeness (QED) is 0.808. The molecule has 0 aromatic heterocycles. The van der Waals surface area contributed by atoms with Crippen molar-refractivity contribution in [2.45, 2.75) is 26.4 Å². The second-order valence-electron chi connectivity index (χ2n) is 6.00. The van der Waals surface area contributed by atoms with Crippen molar-refractivity contribution in [1.82, 2.24) is 0 Å². The smallest absolute Gasteiger partial charge is 0.127 e. The van der Waals surface area contributed by atoms with Gasteiger partial charge in [0, 0.05) is 10.0 Å². The van der Waals surface area contributed by atoms with E-state index in [-0.39, 0.29) is 11.5 Å². The van der Waals surface area contributed by atoms with Gasteiger partial charge < -0.3 is 9.47 Å². The van der Waals surface area contributed by atoms with E-state index in [2.05, 4.69) is 42.4 Å². The van der Waals surface area contributed by atoms with Gasteiger partial charge in [-0.15, -0.1) is 0 Å². The molecule has 2 aliphatic heterocycles. The van der Waals surface area contributed by atoms with E-state index in [1.165, 1.54) is 5.57 Å². The SMILES string of the molecule is C=C1c2cc(Br)ccc2OC(CC(C)C)C12COC2. The molecule has 1 spiro atoms. The molecule has 2 heterocycles. The van der Waals surface area contributed by atoms with Crippen LogP contribution in [0.4, 0.5) is 0 Å². The van der Waals surface area contributed by atoms with E-state index in [4.69, 9.17) is 9.47 Å². The lowest BCUT2D eigenvalue weighted by Gasteiger charge is -2.51. The van der Waals surface area contributed by atoms with Gasteiger partial charge in [0.05, 0.1) is 18.6 Å². The van der Waals surface area contributed by atoms with Crippen molar-refractivity contribution < 1.29 is 9.47 Å². The lowest BCUT2D eigenvalue weighted by Crippen LogP contribution is -2.56. The minimum Gasteiger partial charge on any atom is -0.489 e. The first kappa shape index (κ1) is 13.2. The zero-order valence-electron chi connectivity index (χ0n) is 11.4. The van der Waals surface area contributed by atoms with Crippen LogP contribution in [0.3, 0.4) is 0 Å². The summed E-state index contributed by atoms with van der Waals surface area (Å²) in [6.45, 7) is 10.3. The summed E-state index contributed by atoms with van der Waals surface area (Å²) in [5.74, 6) is 1.56. The average molecular weight is 323 g/mol. The van der Waals surface area contributed by atoms with Gasteiger partial charge in [0.25, 0.3) is 0 Å². The monoisotopic (exact) mass is 322 g/mol. The van der Waals surface area contributed by atoms with E-state index in [0.717, 1.165) is 35.4 Å². The Hall–Kier alpha value is -0.800. The maximum Gasteiger partial charge on any atom is 0.127 e. The largest absolute Gasteiger partial charge is 0.489 e. The number of hydrogen-bond donors (Lipinski definition) is 0. The van der Waals surface area contributed by atoms with E-state index in [0.29, 0.717) is 5.92 Å². The molecule has 2 nitrogen and oxygen atoms in total. The molecule has 102 valence electrons. The maximum absolute atomic E-state index is 6.26. The Bertz CT molecular complexity index is 517. The molecule has 1 unspecified atom stereocenters. The predicted octanol–water partition coefficient (Wildman–Crippen LogP) is 4.29. The third-order valence-corrected chi connectivity index (χ3v) is 4.65. The van der Waals surface area contributed by atoms with Gasteiger partial charge in [0.2, 0.25) is 0 Å². The minimum absolute atomic E-state index is 0.0158. The summed E-state index contributed by atoms with van der Waals surface area (Å²) in [6.07, 6.45) is 1.22. The first-order chi connectivity index (χ1) is 9.03. The van der Waals surface area contributed by atoms with E-state index in [1.807, 2.05) is 12.1 Å². The van der Waals surface area contributed by atoms with Crippen LogP contribution in [0.5, 0.6) is 5.75 Å². The molecule has 1 saturated heterocycles. The fourth-order valence-corrected chi connectivity index (χ4v) is 3.31. The maximum atomic E-state index is 6.26. The van der Waals surface area contributed by atoms with Gasteiger partial charge >= 0.3 is 0 Å². The van der Waals surface area contributed by atoms with Crippen LogP contribution in [0.1, 0.15) is 25.8 Å². The molecular formula is C16H19BrO2. The molecule has 2 aliphatic rings. The van der Waals surface area contributed by atoms with E-state index >= 15 is 0 Å². The zero-order valence-corrected chi connectivity index (χ0v) is 13.0. The Kier molecular flexibility index (Phi) is 3.22. The van der Waals surface area contributed by atoms with E-state index in [9.17, 15) is 0 Å². The number of ether oxygens (including phenoxy) is 2. The van der Waals surface area contributed by atoms with Crippen LogP contribution in [-0.2, 0) is 4.74 Å². The first-order valence-electron chi connectivity index (χ1n) is 6.76. The third kappa shape index (κ3) is 2.03. The van der Waals surface area contributed by atoms with Crippen LogP contribution in [-0.4, -0.2) is 19.3 Å². The molecule has 0 N–H and O–H groups in total. The second-order valence-corrected chi connectivity index (χ2v) is 6.92. The highest BCUT2D eigenvalue weighted by Crippen LogP contribution is 2.52. The lowest BCUT2D eigenvalue weighted by molar-refractivity contribution is -0.136. The predicted molar refractivity (Wildman–Crippen MR) is 80.3 cm³/mol. The van der Waals surface area contributed by atoms with Crippen molar-refractivity contribution in [2.75, 3.05) is 13.2 Å². The van der Waals surface area contributed by atoms with Crippen LogP contribution in [0, 0.1) is 11.3 Å². The molecule has 19 heavy (non-hydrogen) atoms. The van der Waals surface area contributed by atoms with Crippen molar-refractivity contribution in [3.05, 3.63) is 34.8 Å². The summed E-state index contributed by atoms with van der Waals surface area (Å²) in [5, 5.41) is 0. The Morgan fingerprint density at radius 3 is 2.74 bits per heavy atom. The number of hydrogen-bond acceptors (Lipinski definition) is 2. The van der Waals surface area contributed by atoms with Gasteiger partial charge in [-0.2, -0.15) is 0 Å². The normalized spacial score (nSPS) is 24.0. The second kappa shape index (κ2) is 4.64. The topological polar surface area (TPSA) is 18.5 Å². The number of benzene rings is 1. The van der Waals surface area contributed by atoms with Crippen molar-refractivity contribution in [1.29, 1.82) is 0 Å². The highest BCUT2D eigenvalue weighted by atomic mass is 79.9. The summed E-state index contributed by atoms with van der Waals surface area (Å²) in [5.41, 5.74) is 2.28. The van der Waals surface area contributed by atoms with Gasteiger partial charge in [-0.1, -0.05) is 36.4 Å². The van der Waals surface area contributed by atoms with Crippen molar-refractivity contribution in [2.24, 2.45) is 11.3 Å². The van der Waals surface area contributed by atoms with Crippen LogP contribution in [0.2, 0.25) is 0 Å². The number of halogens is 1. The molecule has 1 fully saturated rings. The third-order valence-electron chi connectivity index (χ3n) is 4.16. The van der Waals surface area contributed by atoms with Crippen LogP contribution >= 0.6 is 15.9 Å². The number of fused-ring (bicyclic) bond motifs is 1. The van der Waals surface area contributed by atoms with Gasteiger partial charge in [0.15, 0.2) is 0 Å². The fraction of sp³-hybridized carbons (Fsp3) is 0.500. The molecule has 0 saturated carbocycles. The highest BCUT2D eigenvalue weighted by molar-refractivity contribution is 9.10. The molecule has 3 rings (SSSR count). The fourth-order valence-electron chi connectivity index (χ4n) is 2.95. The molecule has 1 aromatic rings. The van der Waals surface area contributed by atoms with Gasteiger partial charge in [0.1, 0.15) is 11.9 Å². The van der Waals surface area contributed by atoms with E-state index in [1.54, 1.807) is 0 Å². The molecule has 0 bridgehead atoms. The Labute approximate surface area is 122 Å². The summed E-state index contributed by atoms with van der Waals surface area (Å²) >= 11 is 3.52. The van der Waals surface area contributed by atoms with Crippen molar-refractivity contribution >= 4 is 21.5 Å². The van der Waals surface area contributed by atoms with Crippen molar-refractivity contribution in [3.8, 4) is 5.75 Å². The zero-order chi connectivity index (χ0) is 13.6. The molecule has 1 atom stereocenters. The Morgan fingerprint density at radius 1 is 1.42 bits per heavy atom. The van der Waals surface area contributed by atoms with Gasteiger partial charge in [-0.05, 0) is 36.1 Å². The van der Waals surface area contributed by atoms with Crippen LogP contribution in [0.15, 0.2) is 29.3 Å². The van der Waals surface area contributed by atoms with Gasteiger partial charge in [-0.3, -0.25) is 0 Å². The summed E-state index contributed by atoms with van der Waals surface area (Å²) < 4.78 is 12.8. The number of rotatable bonds is 2. The molecule has 1 aromatic carbocycles. The first-order valence-corrected chi connectivity index (χ1v) is 7.56. The highest BCUT2D eigenvalue weighted by Gasteiger charge is 2.52. The van der Waals surface area contributed by atoms with Crippen LogP contribution in [0.25, 0.3) is 5.57 Å². The van der Waals surface area contributed by atoms with E-state index < -0.39 is 0 Å². The standard InChI is InChI=1S/C16H19BrO2/c1-10(2)6-15-16(8-18-9-16)11(3)13-7-12(17)4-5-14(13)19-15/h4-5,7,10,15H,3,6,8-9H2,1-2H3. The van der Waals surface area contributed by atoms with Crippen LogP contribution < -0.4 is 4.74 Å². The molecule has 0 radical (unpaired) electrons. The summed E-state index contributed by atoms with van der Waals surface area (Å²) in [6, 6.07) is 6.15. The van der Waals surface area contributed by atoms with Gasteiger partial charge in [-0.25, -0.2) is 0 Å². The molecule has 3 heteroatoms. The molecular weight excluding hydrogens is 304 g/mol. The summed E-state index contributed by atoms with van der Waals surface area (Å²) in [7, 11) is 0.